The van der Waals surface area contributed by atoms with Crippen LogP contribution in [0.5, 0.6) is 5.75 Å². The van der Waals surface area contributed by atoms with Gasteiger partial charge in [-0.1, -0.05) is 44.2 Å². The molecule has 0 bridgehead atoms. The molecular formula is C12H16O2. The molecule has 14 heavy (non-hydrogen) atoms. The van der Waals surface area contributed by atoms with E-state index in [0.29, 0.717) is 11.7 Å². The van der Waals surface area contributed by atoms with E-state index in [2.05, 4.69) is 18.7 Å². The van der Waals surface area contributed by atoms with Gasteiger partial charge in [-0.25, -0.2) is 5.26 Å². The van der Waals surface area contributed by atoms with Crippen LogP contribution in [0.2, 0.25) is 0 Å². The lowest BCUT2D eigenvalue weighted by atomic mass is 9.99. The molecule has 2 heteroatoms. The molecule has 0 heterocycles. The average molecular weight is 192 g/mol. The molecule has 0 aliphatic heterocycles. The number of benzene rings is 1. The highest BCUT2D eigenvalue weighted by Gasteiger charge is 2.10. The summed E-state index contributed by atoms with van der Waals surface area (Å²) in [5.41, 5.74) is 1.92. The Morgan fingerprint density at radius 1 is 1.36 bits per heavy atom. The highest BCUT2D eigenvalue weighted by molar-refractivity contribution is 5.60. The molecule has 0 fully saturated rings. The zero-order chi connectivity index (χ0) is 10.6. The Kier molecular flexibility index (Phi) is 3.72. The van der Waals surface area contributed by atoms with Gasteiger partial charge in [-0.3, -0.25) is 0 Å². The minimum absolute atomic E-state index is 0.336. The van der Waals surface area contributed by atoms with Gasteiger partial charge in [0.15, 0.2) is 5.75 Å². The standard InChI is InChI=1S/C12H16O2/c1-4-6-10-7-5-8-11(9(2)3)12(10)14-13/h4-9,13H,1-3H3/b6-4+. The predicted molar refractivity (Wildman–Crippen MR) is 58.5 cm³/mol. The molecule has 0 spiro atoms. The third-order valence-electron chi connectivity index (χ3n) is 2.14. The van der Waals surface area contributed by atoms with Crippen molar-refractivity contribution in [2.75, 3.05) is 0 Å². The normalized spacial score (nSPS) is 11.2. The van der Waals surface area contributed by atoms with Crippen LogP contribution in [0.3, 0.4) is 0 Å². The molecule has 2 nitrogen and oxygen atoms in total. The molecule has 0 saturated heterocycles. The van der Waals surface area contributed by atoms with Crippen molar-refractivity contribution in [1.29, 1.82) is 0 Å². The highest BCUT2D eigenvalue weighted by atomic mass is 17.1. The largest absolute Gasteiger partial charge is 0.339 e. The zero-order valence-electron chi connectivity index (χ0n) is 8.82. The fourth-order valence-corrected chi connectivity index (χ4v) is 1.44. The van der Waals surface area contributed by atoms with Crippen molar-refractivity contribution in [1.82, 2.24) is 0 Å². The van der Waals surface area contributed by atoms with Gasteiger partial charge < -0.3 is 4.89 Å². The van der Waals surface area contributed by atoms with E-state index in [1.807, 2.05) is 37.3 Å². The second-order valence-electron chi connectivity index (χ2n) is 3.51. The number of para-hydroxylation sites is 1. The lowest BCUT2D eigenvalue weighted by molar-refractivity contribution is -0.138. The van der Waals surface area contributed by atoms with E-state index in [1.165, 1.54) is 0 Å². The summed E-state index contributed by atoms with van der Waals surface area (Å²) in [4.78, 5) is 4.44. The first-order valence-electron chi connectivity index (χ1n) is 4.77. The number of allylic oxidation sites excluding steroid dienone is 1. The molecule has 1 rings (SSSR count). The van der Waals surface area contributed by atoms with Crippen molar-refractivity contribution in [3.8, 4) is 5.75 Å². The second-order valence-corrected chi connectivity index (χ2v) is 3.51. The summed E-state index contributed by atoms with van der Waals surface area (Å²) in [7, 11) is 0. The summed E-state index contributed by atoms with van der Waals surface area (Å²) in [5.74, 6) is 0.892. The van der Waals surface area contributed by atoms with E-state index in [-0.39, 0.29) is 0 Å². The SMILES string of the molecule is C/C=C/c1cccc(C(C)C)c1OO. The van der Waals surface area contributed by atoms with Crippen LogP contribution >= 0.6 is 0 Å². The van der Waals surface area contributed by atoms with Gasteiger partial charge in [0.1, 0.15) is 0 Å². The molecule has 76 valence electrons. The van der Waals surface area contributed by atoms with Crippen LogP contribution in [0.1, 0.15) is 37.8 Å². The third kappa shape index (κ3) is 2.15. The fraction of sp³-hybridized carbons (Fsp3) is 0.333. The number of hydrogen-bond acceptors (Lipinski definition) is 2. The van der Waals surface area contributed by atoms with Gasteiger partial charge in [0, 0.05) is 11.1 Å². The lowest BCUT2D eigenvalue weighted by Crippen LogP contribution is -1.96. The van der Waals surface area contributed by atoms with Crippen LogP contribution < -0.4 is 4.89 Å². The summed E-state index contributed by atoms with van der Waals surface area (Å²) < 4.78 is 0. The first-order valence-corrected chi connectivity index (χ1v) is 4.77. The van der Waals surface area contributed by atoms with Gasteiger partial charge in [0.2, 0.25) is 0 Å². The van der Waals surface area contributed by atoms with Crippen LogP contribution in [0.15, 0.2) is 24.3 Å². The molecule has 0 saturated carbocycles. The maximum absolute atomic E-state index is 8.84. The van der Waals surface area contributed by atoms with Crippen molar-refractivity contribution in [3.63, 3.8) is 0 Å². The Hall–Kier alpha value is -1.28. The van der Waals surface area contributed by atoms with Crippen LogP contribution in [0.4, 0.5) is 0 Å². The van der Waals surface area contributed by atoms with Crippen molar-refractivity contribution in [2.45, 2.75) is 26.7 Å². The van der Waals surface area contributed by atoms with Crippen molar-refractivity contribution in [3.05, 3.63) is 35.4 Å². The first kappa shape index (κ1) is 10.8. The Balaban J connectivity index is 3.24. The molecule has 1 N–H and O–H groups in total. The topological polar surface area (TPSA) is 29.5 Å². The number of hydrogen-bond donors (Lipinski definition) is 1. The predicted octanol–water partition coefficient (Wildman–Crippen LogP) is 3.69. The van der Waals surface area contributed by atoms with Crippen LogP contribution in [0.25, 0.3) is 6.08 Å². The van der Waals surface area contributed by atoms with Gasteiger partial charge in [-0.2, -0.15) is 0 Å². The lowest BCUT2D eigenvalue weighted by Gasteiger charge is -2.11. The van der Waals surface area contributed by atoms with Gasteiger partial charge in [-0.15, -0.1) is 0 Å². The molecule has 0 aliphatic carbocycles. The van der Waals surface area contributed by atoms with Gasteiger partial charge >= 0.3 is 0 Å². The van der Waals surface area contributed by atoms with Gasteiger partial charge in [0.25, 0.3) is 0 Å². The molecule has 0 aliphatic rings. The minimum atomic E-state index is 0.336. The molecule has 1 aromatic rings. The molecule has 0 aromatic heterocycles. The van der Waals surface area contributed by atoms with Crippen LogP contribution in [-0.4, -0.2) is 5.26 Å². The summed E-state index contributed by atoms with van der Waals surface area (Å²) >= 11 is 0. The van der Waals surface area contributed by atoms with Gasteiger partial charge in [-0.05, 0) is 12.8 Å². The Morgan fingerprint density at radius 2 is 2.07 bits per heavy atom. The molecule has 0 radical (unpaired) electrons. The van der Waals surface area contributed by atoms with E-state index in [0.717, 1.165) is 11.1 Å². The maximum Gasteiger partial charge on any atom is 0.175 e. The summed E-state index contributed by atoms with van der Waals surface area (Å²) in [6, 6.07) is 5.84. The average Bonchev–Trinajstić information content (AvgIpc) is 2.18. The van der Waals surface area contributed by atoms with E-state index in [4.69, 9.17) is 5.26 Å². The van der Waals surface area contributed by atoms with E-state index >= 15 is 0 Å². The highest BCUT2D eigenvalue weighted by Crippen LogP contribution is 2.30. The molecule has 0 atom stereocenters. The maximum atomic E-state index is 8.84. The monoisotopic (exact) mass is 192 g/mol. The van der Waals surface area contributed by atoms with Gasteiger partial charge in [0.05, 0.1) is 0 Å². The molecular weight excluding hydrogens is 176 g/mol. The Morgan fingerprint density at radius 3 is 2.57 bits per heavy atom. The van der Waals surface area contributed by atoms with E-state index < -0.39 is 0 Å². The first-order chi connectivity index (χ1) is 6.70. The Bertz CT molecular complexity index is 327. The smallest absolute Gasteiger partial charge is 0.175 e. The minimum Gasteiger partial charge on any atom is -0.339 e. The summed E-state index contributed by atoms with van der Waals surface area (Å²) in [6.45, 7) is 6.07. The molecule has 1 aromatic carbocycles. The summed E-state index contributed by atoms with van der Waals surface area (Å²) in [6.07, 6.45) is 3.83. The van der Waals surface area contributed by atoms with Crippen molar-refractivity contribution < 1.29 is 10.1 Å². The quantitative estimate of drug-likeness (QED) is 0.584. The third-order valence-corrected chi connectivity index (χ3v) is 2.14. The molecule has 0 unspecified atom stereocenters. The summed E-state index contributed by atoms with van der Waals surface area (Å²) in [5, 5.41) is 8.84. The zero-order valence-corrected chi connectivity index (χ0v) is 8.82. The second kappa shape index (κ2) is 4.82. The fourth-order valence-electron chi connectivity index (χ4n) is 1.44. The molecule has 0 amide bonds. The van der Waals surface area contributed by atoms with E-state index in [1.54, 1.807) is 0 Å². The van der Waals surface area contributed by atoms with Crippen LogP contribution in [-0.2, 0) is 0 Å². The van der Waals surface area contributed by atoms with E-state index in [9.17, 15) is 0 Å². The van der Waals surface area contributed by atoms with Crippen molar-refractivity contribution >= 4 is 6.08 Å². The van der Waals surface area contributed by atoms with Crippen LogP contribution in [0, 0.1) is 0 Å². The Labute approximate surface area is 84.8 Å². The number of rotatable bonds is 3. The van der Waals surface area contributed by atoms with Crippen molar-refractivity contribution in [2.24, 2.45) is 0 Å².